The van der Waals surface area contributed by atoms with E-state index in [9.17, 15) is 25.3 Å². The van der Waals surface area contributed by atoms with Gasteiger partial charge in [-0.2, -0.15) is 5.10 Å². The summed E-state index contributed by atoms with van der Waals surface area (Å²) < 4.78 is 5.81. The van der Waals surface area contributed by atoms with Crippen LogP contribution in [-0.4, -0.2) is 27.3 Å². The third kappa shape index (κ3) is 3.99. The number of benzene rings is 3. The SMILES string of the molecule is O=[N+]([O-])c1ccc(NN=C2c3ccc(O)cc3OCC2c2ccccc2)c([N+](=O)[O-])c1. The molecular weight excluding hydrogens is 404 g/mol. The van der Waals surface area contributed by atoms with Gasteiger partial charge in [-0.15, -0.1) is 0 Å². The average molecular weight is 420 g/mol. The molecule has 2 N–H and O–H groups in total. The number of phenols is 1. The van der Waals surface area contributed by atoms with Crippen LogP contribution in [0.25, 0.3) is 0 Å². The minimum Gasteiger partial charge on any atom is -0.508 e. The molecule has 0 amide bonds. The second-order valence-electron chi connectivity index (χ2n) is 6.78. The van der Waals surface area contributed by atoms with Crippen LogP contribution in [0.15, 0.2) is 71.8 Å². The summed E-state index contributed by atoms with van der Waals surface area (Å²) in [5, 5.41) is 36.6. The fraction of sp³-hybridized carbons (Fsp3) is 0.0952. The van der Waals surface area contributed by atoms with E-state index in [0.29, 0.717) is 17.0 Å². The van der Waals surface area contributed by atoms with Crippen LogP contribution in [0.4, 0.5) is 17.1 Å². The van der Waals surface area contributed by atoms with Crippen LogP contribution in [0, 0.1) is 20.2 Å². The van der Waals surface area contributed by atoms with Gasteiger partial charge in [-0.3, -0.25) is 25.7 Å². The third-order valence-electron chi connectivity index (χ3n) is 4.86. The van der Waals surface area contributed by atoms with Crippen LogP contribution in [0.2, 0.25) is 0 Å². The van der Waals surface area contributed by atoms with E-state index in [1.807, 2.05) is 30.3 Å². The summed E-state index contributed by atoms with van der Waals surface area (Å²) in [7, 11) is 0. The summed E-state index contributed by atoms with van der Waals surface area (Å²) in [4.78, 5) is 21.0. The summed E-state index contributed by atoms with van der Waals surface area (Å²) in [5.74, 6) is 0.198. The lowest BCUT2D eigenvalue weighted by Crippen LogP contribution is -2.27. The summed E-state index contributed by atoms with van der Waals surface area (Å²) in [6.07, 6.45) is 0. The molecule has 1 aliphatic heterocycles. The molecule has 10 nitrogen and oxygen atoms in total. The van der Waals surface area contributed by atoms with Crippen molar-refractivity contribution in [1.82, 2.24) is 0 Å². The number of anilines is 1. The largest absolute Gasteiger partial charge is 0.508 e. The van der Waals surface area contributed by atoms with Gasteiger partial charge in [-0.1, -0.05) is 30.3 Å². The number of phenolic OH excluding ortho intramolecular Hbond substituents is 1. The number of non-ortho nitro benzene ring substituents is 1. The lowest BCUT2D eigenvalue weighted by molar-refractivity contribution is -0.393. The Kier molecular flexibility index (Phi) is 5.19. The lowest BCUT2D eigenvalue weighted by Gasteiger charge is -2.27. The molecule has 31 heavy (non-hydrogen) atoms. The first-order valence-electron chi connectivity index (χ1n) is 9.21. The highest BCUT2D eigenvalue weighted by molar-refractivity contribution is 6.08. The van der Waals surface area contributed by atoms with E-state index in [1.165, 1.54) is 24.3 Å². The number of hydrogen-bond acceptors (Lipinski definition) is 8. The van der Waals surface area contributed by atoms with Crippen LogP contribution in [0.5, 0.6) is 11.5 Å². The third-order valence-corrected chi connectivity index (χ3v) is 4.86. The molecule has 0 aliphatic carbocycles. The first-order valence-corrected chi connectivity index (χ1v) is 9.21. The van der Waals surface area contributed by atoms with Gasteiger partial charge in [0.15, 0.2) is 0 Å². The number of rotatable bonds is 5. The summed E-state index contributed by atoms with van der Waals surface area (Å²) in [5.41, 5.74) is 3.96. The molecule has 0 radical (unpaired) electrons. The number of nitro benzene ring substituents is 2. The molecule has 0 spiro atoms. The van der Waals surface area contributed by atoms with Gasteiger partial charge in [0.25, 0.3) is 5.69 Å². The van der Waals surface area contributed by atoms with Crippen molar-refractivity contribution in [2.45, 2.75) is 5.92 Å². The highest BCUT2D eigenvalue weighted by Gasteiger charge is 2.29. The van der Waals surface area contributed by atoms with E-state index < -0.39 is 15.5 Å². The number of ether oxygens (including phenoxy) is 1. The average Bonchev–Trinajstić information content (AvgIpc) is 2.77. The zero-order chi connectivity index (χ0) is 22.0. The summed E-state index contributed by atoms with van der Waals surface area (Å²) in [6, 6.07) is 17.4. The molecule has 3 aromatic carbocycles. The molecule has 1 unspecified atom stereocenters. The Morgan fingerprint density at radius 1 is 1.00 bits per heavy atom. The van der Waals surface area contributed by atoms with Crippen molar-refractivity contribution < 1.29 is 19.7 Å². The van der Waals surface area contributed by atoms with E-state index in [4.69, 9.17) is 4.74 Å². The molecule has 4 rings (SSSR count). The quantitative estimate of drug-likeness (QED) is 0.465. The lowest BCUT2D eigenvalue weighted by atomic mass is 9.88. The molecule has 3 aromatic rings. The van der Waals surface area contributed by atoms with E-state index in [0.717, 1.165) is 11.6 Å². The van der Waals surface area contributed by atoms with Crippen LogP contribution in [-0.2, 0) is 0 Å². The maximum Gasteiger partial charge on any atom is 0.301 e. The zero-order valence-corrected chi connectivity index (χ0v) is 16.0. The highest BCUT2D eigenvalue weighted by atomic mass is 16.6. The minimum atomic E-state index is -0.708. The molecule has 1 aliphatic rings. The Labute approximate surface area is 175 Å². The number of nitrogens with zero attached hydrogens (tertiary/aromatic N) is 3. The van der Waals surface area contributed by atoms with Crippen molar-refractivity contribution >= 4 is 22.8 Å². The van der Waals surface area contributed by atoms with Gasteiger partial charge in [0.2, 0.25) is 0 Å². The Bertz CT molecular complexity index is 1200. The van der Waals surface area contributed by atoms with E-state index in [2.05, 4.69) is 10.5 Å². The summed E-state index contributed by atoms with van der Waals surface area (Å²) >= 11 is 0. The number of aromatic hydroxyl groups is 1. The van der Waals surface area contributed by atoms with Crippen molar-refractivity contribution in [3.8, 4) is 11.5 Å². The monoisotopic (exact) mass is 420 g/mol. The molecule has 10 heteroatoms. The minimum absolute atomic E-state index is 0.0155. The van der Waals surface area contributed by atoms with Gasteiger partial charge < -0.3 is 9.84 Å². The molecule has 0 saturated heterocycles. The number of nitro groups is 2. The van der Waals surface area contributed by atoms with Gasteiger partial charge in [0, 0.05) is 17.7 Å². The molecule has 156 valence electrons. The van der Waals surface area contributed by atoms with Crippen molar-refractivity contribution in [3.63, 3.8) is 0 Å². The van der Waals surface area contributed by atoms with Gasteiger partial charge in [0.1, 0.15) is 23.8 Å². The van der Waals surface area contributed by atoms with Gasteiger partial charge in [-0.25, -0.2) is 0 Å². The summed E-state index contributed by atoms with van der Waals surface area (Å²) in [6.45, 7) is 0.253. The first-order chi connectivity index (χ1) is 14.9. The van der Waals surface area contributed by atoms with Gasteiger partial charge >= 0.3 is 5.69 Å². The van der Waals surface area contributed by atoms with Crippen molar-refractivity contribution in [1.29, 1.82) is 0 Å². The Balaban J connectivity index is 1.78. The van der Waals surface area contributed by atoms with E-state index in [-0.39, 0.29) is 29.6 Å². The molecular formula is C21H16N4O6. The Morgan fingerprint density at radius 2 is 1.77 bits per heavy atom. The Morgan fingerprint density at radius 3 is 2.48 bits per heavy atom. The van der Waals surface area contributed by atoms with Crippen molar-refractivity contribution in [2.24, 2.45) is 5.10 Å². The van der Waals surface area contributed by atoms with Crippen LogP contribution < -0.4 is 10.2 Å². The number of fused-ring (bicyclic) bond motifs is 1. The molecule has 0 saturated carbocycles. The number of hydrazone groups is 1. The second kappa shape index (κ2) is 8.11. The maximum absolute atomic E-state index is 11.4. The van der Waals surface area contributed by atoms with Crippen LogP contribution in [0.1, 0.15) is 17.0 Å². The maximum atomic E-state index is 11.4. The Hall–Kier alpha value is -4.47. The van der Waals surface area contributed by atoms with Crippen LogP contribution in [0.3, 0.4) is 0 Å². The molecule has 0 aromatic heterocycles. The molecule has 0 fully saturated rings. The van der Waals surface area contributed by atoms with E-state index in [1.54, 1.807) is 6.07 Å². The molecule has 1 atom stereocenters. The van der Waals surface area contributed by atoms with Gasteiger partial charge in [0.05, 0.1) is 27.5 Å². The smallest absolute Gasteiger partial charge is 0.301 e. The normalized spacial score (nSPS) is 16.3. The predicted molar refractivity (Wildman–Crippen MR) is 113 cm³/mol. The van der Waals surface area contributed by atoms with Crippen molar-refractivity contribution in [2.75, 3.05) is 12.0 Å². The molecule has 0 bridgehead atoms. The van der Waals surface area contributed by atoms with Crippen LogP contribution >= 0.6 is 0 Å². The topological polar surface area (TPSA) is 140 Å². The van der Waals surface area contributed by atoms with Gasteiger partial charge in [-0.05, 0) is 23.8 Å². The highest BCUT2D eigenvalue weighted by Crippen LogP contribution is 2.36. The first kappa shape index (κ1) is 19.8. The fourth-order valence-corrected chi connectivity index (χ4v) is 3.36. The fourth-order valence-electron chi connectivity index (χ4n) is 3.36. The number of hydrogen-bond donors (Lipinski definition) is 2. The van der Waals surface area contributed by atoms with E-state index >= 15 is 0 Å². The zero-order valence-electron chi connectivity index (χ0n) is 16.0. The number of nitrogens with one attached hydrogen (secondary N) is 1. The van der Waals surface area contributed by atoms with Crippen molar-refractivity contribution in [3.05, 3.63) is 98.1 Å². The predicted octanol–water partition coefficient (Wildman–Crippen LogP) is 4.20. The molecule has 1 heterocycles. The standard InChI is InChI=1S/C21H16N4O6/c26-15-7-8-16-20(11-15)31-12-17(13-4-2-1-3-5-13)21(16)23-22-18-9-6-14(24(27)28)10-19(18)25(29)30/h1-11,17,22,26H,12H2. The second-order valence-corrected chi connectivity index (χ2v) is 6.78.